The highest BCUT2D eigenvalue weighted by molar-refractivity contribution is 6.02. The Bertz CT molecular complexity index is 925. The van der Waals surface area contributed by atoms with Crippen molar-refractivity contribution in [1.82, 2.24) is 15.5 Å². The van der Waals surface area contributed by atoms with Gasteiger partial charge < -0.3 is 15.7 Å². The molecule has 1 saturated carbocycles. The van der Waals surface area contributed by atoms with Gasteiger partial charge in [-0.25, -0.2) is 4.79 Å². The lowest BCUT2D eigenvalue weighted by Crippen LogP contribution is -2.51. The summed E-state index contributed by atoms with van der Waals surface area (Å²) in [4.78, 5) is 35.8. The topological polar surface area (TPSA) is 124 Å². The van der Waals surface area contributed by atoms with Crippen molar-refractivity contribution < 1.29 is 19.5 Å². The third kappa shape index (κ3) is 5.06. The van der Waals surface area contributed by atoms with E-state index in [9.17, 15) is 19.5 Å². The van der Waals surface area contributed by atoms with E-state index in [0.29, 0.717) is 17.3 Å². The van der Waals surface area contributed by atoms with Gasteiger partial charge in [-0.2, -0.15) is 5.10 Å². The van der Waals surface area contributed by atoms with Gasteiger partial charge in [0.2, 0.25) is 5.91 Å². The number of hydrogen-bond donors (Lipinski definition) is 4. The lowest BCUT2D eigenvalue weighted by molar-refractivity contribution is -0.146. The van der Waals surface area contributed by atoms with Crippen molar-refractivity contribution in [2.75, 3.05) is 5.32 Å². The van der Waals surface area contributed by atoms with E-state index in [-0.39, 0.29) is 17.7 Å². The van der Waals surface area contributed by atoms with Gasteiger partial charge >= 0.3 is 5.97 Å². The number of anilines is 1. The quantitative estimate of drug-likeness (QED) is 0.580. The monoisotopic (exact) mass is 412 g/mol. The molecule has 0 unspecified atom stereocenters. The summed E-state index contributed by atoms with van der Waals surface area (Å²) in [5, 5.41) is 21.3. The molecule has 160 valence electrons. The summed E-state index contributed by atoms with van der Waals surface area (Å²) in [6.45, 7) is 4.80. The van der Waals surface area contributed by atoms with E-state index >= 15 is 0 Å². The normalized spacial score (nSPS) is 19.2. The van der Waals surface area contributed by atoms with Crippen LogP contribution in [0.15, 0.2) is 30.3 Å². The summed E-state index contributed by atoms with van der Waals surface area (Å²) in [6, 6.07) is 9.46. The van der Waals surface area contributed by atoms with Crippen LogP contribution in [0.5, 0.6) is 0 Å². The van der Waals surface area contributed by atoms with Crippen molar-refractivity contribution in [3.63, 3.8) is 0 Å². The Balaban J connectivity index is 1.53. The fraction of sp³-hybridized carbons (Fsp3) is 0.455. The standard InChI is InChI=1S/C22H28N4O4/c1-13-12-18(26-25-13)20(28)23-17-10-8-15(9-11-17)14-4-6-16(7-5-14)19(27)24-22(2,3)21(29)30/h8-12,14,16H,4-7H2,1-3H3,(H,23,28)(H,24,27)(H,25,26)(H,29,30)/t14-,16-. The molecular formula is C22H28N4O4. The number of carbonyl (C=O) groups excluding carboxylic acids is 2. The van der Waals surface area contributed by atoms with Crippen LogP contribution in [0.2, 0.25) is 0 Å². The molecule has 1 aromatic heterocycles. The second-order valence-electron chi connectivity index (χ2n) is 8.47. The molecule has 0 radical (unpaired) electrons. The van der Waals surface area contributed by atoms with Crippen LogP contribution in [0.4, 0.5) is 5.69 Å². The van der Waals surface area contributed by atoms with Gasteiger partial charge in [-0.05, 0) is 76.1 Å². The van der Waals surface area contributed by atoms with E-state index in [2.05, 4.69) is 20.8 Å². The van der Waals surface area contributed by atoms with E-state index in [1.807, 2.05) is 31.2 Å². The first-order chi connectivity index (χ1) is 14.2. The number of aryl methyl sites for hydroxylation is 1. The number of H-pyrrole nitrogens is 1. The summed E-state index contributed by atoms with van der Waals surface area (Å²) in [5.41, 5.74) is 1.80. The number of carbonyl (C=O) groups is 3. The zero-order chi connectivity index (χ0) is 21.9. The second kappa shape index (κ2) is 8.69. The SMILES string of the molecule is Cc1cc(C(=O)Nc2ccc([C@H]3CC[C@H](C(=O)NC(C)(C)C(=O)O)CC3)cc2)[nH]n1. The number of carboxylic acid groups (broad SMARTS) is 1. The van der Waals surface area contributed by atoms with E-state index < -0.39 is 11.5 Å². The molecule has 2 amide bonds. The van der Waals surface area contributed by atoms with E-state index in [1.165, 1.54) is 19.4 Å². The number of aromatic nitrogens is 2. The highest BCUT2D eigenvalue weighted by Crippen LogP contribution is 2.36. The maximum atomic E-state index is 12.4. The molecule has 0 atom stereocenters. The molecular weight excluding hydrogens is 384 g/mol. The van der Waals surface area contributed by atoms with Gasteiger partial charge in [-0.3, -0.25) is 14.7 Å². The average Bonchev–Trinajstić information content (AvgIpc) is 3.15. The number of nitrogens with zero attached hydrogens (tertiary/aromatic N) is 1. The number of nitrogens with one attached hydrogen (secondary N) is 3. The molecule has 8 heteroatoms. The first-order valence-electron chi connectivity index (χ1n) is 10.1. The van der Waals surface area contributed by atoms with Crippen molar-refractivity contribution >= 4 is 23.5 Å². The first-order valence-corrected chi connectivity index (χ1v) is 10.1. The van der Waals surface area contributed by atoms with Crippen LogP contribution >= 0.6 is 0 Å². The summed E-state index contributed by atoms with van der Waals surface area (Å²) in [6.07, 6.45) is 3.18. The average molecular weight is 412 g/mol. The van der Waals surface area contributed by atoms with Gasteiger partial charge in [-0.15, -0.1) is 0 Å². The highest BCUT2D eigenvalue weighted by Gasteiger charge is 2.33. The van der Waals surface area contributed by atoms with Crippen LogP contribution in [-0.4, -0.2) is 38.6 Å². The van der Waals surface area contributed by atoms with E-state index in [4.69, 9.17) is 0 Å². The third-order valence-corrected chi connectivity index (χ3v) is 5.66. The second-order valence-corrected chi connectivity index (χ2v) is 8.47. The maximum Gasteiger partial charge on any atom is 0.328 e. The summed E-state index contributed by atoms with van der Waals surface area (Å²) in [7, 11) is 0. The lowest BCUT2D eigenvalue weighted by Gasteiger charge is -2.30. The molecule has 2 aromatic rings. The number of aliphatic carboxylic acids is 1. The summed E-state index contributed by atoms with van der Waals surface area (Å²) < 4.78 is 0. The third-order valence-electron chi connectivity index (χ3n) is 5.66. The number of aromatic amines is 1. The van der Waals surface area contributed by atoms with Gasteiger partial charge in [0.25, 0.3) is 5.91 Å². The summed E-state index contributed by atoms with van der Waals surface area (Å²) >= 11 is 0. The minimum absolute atomic E-state index is 0.156. The van der Waals surface area contributed by atoms with E-state index in [1.54, 1.807) is 6.07 Å². The van der Waals surface area contributed by atoms with Crippen LogP contribution in [0.25, 0.3) is 0 Å². The van der Waals surface area contributed by atoms with Crippen LogP contribution in [0, 0.1) is 12.8 Å². The molecule has 1 aliphatic carbocycles. The number of hydrogen-bond acceptors (Lipinski definition) is 4. The molecule has 1 aromatic carbocycles. The van der Waals surface area contributed by atoms with Gasteiger partial charge in [-0.1, -0.05) is 12.1 Å². The van der Waals surface area contributed by atoms with Gasteiger partial charge in [0.1, 0.15) is 11.2 Å². The van der Waals surface area contributed by atoms with Crippen molar-refractivity contribution in [3.8, 4) is 0 Å². The number of benzene rings is 1. The zero-order valence-electron chi connectivity index (χ0n) is 17.5. The first kappa shape index (κ1) is 21.5. The molecule has 0 saturated heterocycles. The molecule has 4 N–H and O–H groups in total. The molecule has 30 heavy (non-hydrogen) atoms. The Labute approximate surface area is 175 Å². The maximum absolute atomic E-state index is 12.4. The van der Waals surface area contributed by atoms with Crippen LogP contribution < -0.4 is 10.6 Å². The van der Waals surface area contributed by atoms with Crippen molar-refractivity contribution in [3.05, 3.63) is 47.3 Å². The van der Waals surface area contributed by atoms with Crippen LogP contribution in [0.3, 0.4) is 0 Å². The predicted molar refractivity (Wildman–Crippen MR) is 112 cm³/mol. The van der Waals surface area contributed by atoms with E-state index in [0.717, 1.165) is 31.4 Å². The molecule has 0 bridgehead atoms. The number of carboxylic acids is 1. The Morgan fingerprint density at radius 3 is 2.27 bits per heavy atom. The van der Waals surface area contributed by atoms with Gasteiger partial charge in [0.15, 0.2) is 0 Å². The molecule has 1 fully saturated rings. The minimum Gasteiger partial charge on any atom is -0.480 e. The fourth-order valence-electron chi connectivity index (χ4n) is 3.73. The molecule has 3 rings (SSSR count). The molecule has 1 aliphatic rings. The molecule has 8 nitrogen and oxygen atoms in total. The number of rotatable bonds is 6. The Kier molecular flexibility index (Phi) is 6.24. The van der Waals surface area contributed by atoms with Crippen molar-refractivity contribution in [2.45, 2.75) is 57.9 Å². The Morgan fingerprint density at radius 1 is 1.10 bits per heavy atom. The van der Waals surface area contributed by atoms with Crippen molar-refractivity contribution in [2.24, 2.45) is 5.92 Å². The molecule has 1 heterocycles. The molecule has 0 spiro atoms. The smallest absolute Gasteiger partial charge is 0.328 e. The molecule has 0 aliphatic heterocycles. The largest absolute Gasteiger partial charge is 0.480 e. The predicted octanol–water partition coefficient (Wildman–Crippen LogP) is 3.22. The zero-order valence-corrected chi connectivity index (χ0v) is 17.5. The Morgan fingerprint density at radius 2 is 1.73 bits per heavy atom. The van der Waals surface area contributed by atoms with Crippen LogP contribution in [0.1, 0.15) is 67.2 Å². The minimum atomic E-state index is -1.26. The Hall–Kier alpha value is -3.16. The van der Waals surface area contributed by atoms with Crippen molar-refractivity contribution in [1.29, 1.82) is 0 Å². The highest BCUT2D eigenvalue weighted by atomic mass is 16.4. The number of amides is 2. The lowest BCUT2D eigenvalue weighted by atomic mass is 9.78. The summed E-state index contributed by atoms with van der Waals surface area (Å²) in [5.74, 6) is -1.27. The van der Waals surface area contributed by atoms with Crippen LogP contribution in [-0.2, 0) is 9.59 Å². The fourth-order valence-corrected chi connectivity index (χ4v) is 3.73. The van der Waals surface area contributed by atoms with Gasteiger partial charge in [0.05, 0.1) is 5.69 Å². The van der Waals surface area contributed by atoms with Gasteiger partial charge in [0, 0.05) is 11.6 Å².